The molecule has 0 aliphatic heterocycles. The van der Waals surface area contributed by atoms with Gasteiger partial charge in [-0.3, -0.25) is 4.99 Å². The van der Waals surface area contributed by atoms with Crippen LogP contribution in [-0.4, -0.2) is 19.0 Å². The zero-order valence-electron chi connectivity index (χ0n) is 10.2. The minimum Gasteiger partial charge on any atom is -0.353 e. The Labute approximate surface area is 101 Å². The molecule has 0 spiro atoms. The molecule has 1 aromatic carbocycles. The smallest absolute Gasteiger partial charge is 0.191 e. The molecule has 0 heterocycles. The summed E-state index contributed by atoms with van der Waals surface area (Å²) in [6.45, 7) is 2.79. The van der Waals surface area contributed by atoms with Crippen LogP contribution in [0.25, 0.3) is 0 Å². The Morgan fingerprint density at radius 1 is 1.53 bits per heavy atom. The lowest BCUT2D eigenvalue weighted by Crippen LogP contribution is -2.38. The lowest BCUT2D eigenvalue weighted by Gasteiger charge is -2.11. The Morgan fingerprint density at radius 3 is 2.88 bits per heavy atom. The zero-order chi connectivity index (χ0) is 12.3. The quantitative estimate of drug-likeness (QED) is 0.620. The van der Waals surface area contributed by atoms with E-state index in [1.807, 2.05) is 6.07 Å². The van der Waals surface area contributed by atoms with Gasteiger partial charge in [-0.05, 0) is 30.0 Å². The molecule has 2 unspecified atom stereocenters. The third-order valence-corrected chi connectivity index (χ3v) is 3.00. The molecule has 2 rings (SSSR count). The summed E-state index contributed by atoms with van der Waals surface area (Å²) in [5, 5.41) is 6.50. The number of halogens is 1. The van der Waals surface area contributed by atoms with Crippen LogP contribution in [0, 0.1) is 11.7 Å². The molecule has 1 saturated carbocycles. The van der Waals surface area contributed by atoms with Gasteiger partial charge in [0.1, 0.15) is 5.82 Å². The Hall–Kier alpha value is -1.58. The van der Waals surface area contributed by atoms with E-state index in [4.69, 9.17) is 0 Å². The summed E-state index contributed by atoms with van der Waals surface area (Å²) < 4.78 is 13.0. The topological polar surface area (TPSA) is 36.4 Å². The maximum atomic E-state index is 13.0. The first kappa shape index (κ1) is 11.9. The van der Waals surface area contributed by atoms with Crippen molar-refractivity contribution in [2.45, 2.75) is 25.9 Å². The molecule has 0 radical (unpaired) electrons. The molecular formula is C13H18FN3. The Kier molecular flexibility index (Phi) is 3.61. The van der Waals surface area contributed by atoms with Gasteiger partial charge in [0.15, 0.2) is 5.96 Å². The summed E-state index contributed by atoms with van der Waals surface area (Å²) in [5.74, 6) is 1.30. The van der Waals surface area contributed by atoms with Crippen molar-refractivity contribution in [2.24, 2.45) is 10.9 Å². The first-order chi connectivity index (χ1) is 8.19. The van der Waals surface area contributed by atoms with E-state index in [0.717, 1.165) is 17.4 Å². The molecule has 4 heteroatoms. The number of aliphatic imine (C=N–C) groups is 1. The Bertz CT molecular complexity index is 417. The molecule has 2 atom stereocenters. The van der Waals surface area contributed by atoms with Gasteiger partial charge in [0, 0.05) is 19.6 Å². The average Bonchev–Trinajstić information content (AvgIpc) is 3.00. The second-order valence-corrected chi connectivity index (χ2v) is 4.52. The highest BCUT2D eigenvalue weighted by atomic mass is 19.1. The summed E-state index contributed by atoms with van der Waals surface area (Å²) in [4.78, 5) is 4.14. The second-order valence-electron chi connectivity index (χ2n) is 4.52. The molecule has 0 aromatic heterocycles. The van der Waals surface area contributed by atoms with Gasteiger partial charge in [-0.25, -0.2) is 4.39 Å². The molecule has 1 aliphatic rings. The largest absolute Gasteiger partial charge is 0.353 e. The van der Waals surface area contributed by atoms with Crippen molar-refractivity contribution in [3.8, 4) is 0 Å². The van der Waals surface area contributed by atoms with Crippen LogP contribution in [0.5, 0.6) is 0 Å². The third-order valence-electron chi connectivity index (χ3n) is 3.00. The third kappa shape index (κ3) is 3.44. The first-order valence-electron chi connectivity index (χ1n) is 5.90. The minimum atomic E-state index is -0.205. The fourth-order valence-corrected chi connectivity index (χ4v) is 1.73. The highest BCUT2D eigenvalue weighted by Crippen LogP contribution is 2.28. The molecule has 0 saturated heterocycles. The molecule has 1 aliphatic carbocycles. The SMILES string of the molecule is CN=C(NCc1cccc(F)c1)NC1CC1C. The van der Waals surface area contributed by atoms with Gasteiger partial charge < -0.3 is 10.6 Å². The Balaban J connectivity index is 1.83. The van der Waals surface area contributed by atoms with Crippen molar-refractivity contribution in [3.63, 3.8) is 0 Å². The minimum absolute atomic E-state index is 0.205. The maximum Gasteiger partial charge on any atom is 0.191 e. The van der Waals surface area contributed by atoms with Crippen molar-refractivity contribution >= 4 is 5.96 Å². The monoisotopic (exact) mass is 235 g/mol. The lowest BCUT2D eigenvalue weighted by molar-refractivity contribution is 0.624. The average molecular weight is 235 g/mol. The lowest BCUT2D eigenvalue weighted by atomic mass is 10.2. The number of nitrogens with one attached hydrogen (secondary N) is 2. The van der Waals surface area contributed by atoms with Gasteiger partial charge in [0.05, 0.1) is 0 Å². The number of rotatable bonds is 3. The van der Waals surface area contributed by atoms with Crippen LogP contribution in [0.15, 0.2) is 29.3 Å². The van der Waals surface area contributed by atoms with E-state index in [0.29, 0.717) is 12.6 Å². The summed E-state index contributed by atoms with van der Waals surface area (Å²) in [6.07, 6.45) is 1.20. The van der Waals surface area contributed by atoms with Crippen molar-refractivity contribution in [3.05, 3.63) is 35.6 Å². The molecule has 0 bridgehead atoms. The van der Waals surface area contributed by atoms with E-state index in [9.17, 15) is 4.39 Å². The van der Waals surface area contributed by atoms with Crippen LogP contribution in [0.3, 0.4) is 0 Å². The van der Waals surface area contributed by atoms with Crippen LogP contribution >= 0.6 is 0 Å². The van der Waals surface area contributed by atoms with Crippen molar-refractivity contribution < 1.29 is 4.39 Å². The van der Waals surface area contributed by atoms with Crippen LogP contribution in [0.1, 0.15) is 18.9 Å². The highest BCUT2D eigenvalue weighted by molar-refractivity contribution is 5.80. The first-order valence-corrected chi connectivity index (χ1v) is 5.90. The Morgan fingerprint density at radius 2 is 2.29 bits per heavy atom. The van der Waals surface area contributed by atoms with Crippen molar-refractivity contribution in [2.75, 3.05) is 7.05 Å². The van der Waals surface area contributed by atoms with Crippen molar-refractivity contribution in [1.29, 1.82) is 0 Å². The van der Waals surface area contributed by atoms with E-state index < -0.39 is 0 Å². The van der Waals surface area contributed by atoms with Gasteiger partial charge in [-0.15, -0.1) is 0 Å². The molecule has 3 nitrogen and oxygen atoms in total. The van der Waals surface area contributed by atoms with Gasteiger partial charge >= 0.3 is 0 Å². The molecule has 17 heavy (non-hydrogen) atoms. The standard InChI is InChI=1S/C13H18FN3/c1-9-6-12(9)17-13(15-2)16-8-10-4-3-5-11(14)7-10/h3-5,7,9,12H,6,8H2,1-2H3,(H2,15,16,17). The fourth-order valence-electron chi connectivity index (χ4n) is 1.73. The number of nitrogens with zero attached hydrogens (tertiary/aromatic N) is 1. The van der Waals surface area contributed by atoms with E-state index in [1.165, 1.54) is 18.6 Å². The number of hydrogen-bond acceptors (Lipinski definition) is 1. The molecule has 0 amide bonds. The maximum absolute atomic E-state index is 13.0. The second kappa shape index (κ2) is 5.17. The van der Waals surface area contributed by atoms with Crippen molar-refractivity contribution in [1.82, 2.24) is 10.6 Å². The molecule has 92 valence electrons. The number of guanidine groups is 1. The number of benzene rings is 1. The van der Waals surface area contributed by atoms with E-state index >= 15 is 0 Å². The summed E-state index contributed by atoms with van der Waals surface area (Å²) in [7, 11) is 1.74. The van der Waals surface area contributed by atoms with Crippen LogP contribution in [0.2, 0.25) is 0 Å². The molecule has 2 N–H and O–H groups in total. The predicted octanol–water partition coefficient (Wildman–Crippen LogP) is 1.90. The van der Waals surface area contributed by atoms with E-state index in [2.05, 4.69) is 22.5 Å². The summed E-state index contributed by atoms with van der Waals surface area (Å²) >= 11 is 0. The van der Waals surface area contributed by atoms with Gasteiger partial charge in [-0.2, -0.15) is 0 Å². The molecule has 1 aromatic rings. The summed E-state index contributed by atoms with van der Waals surface area (Å²) in [6, 6.07) is 7.12. The van der Waals surface area contributed by atoms with Crippen LogP contribution < -0.4 is 10.6 Å². The highest BCUT2D eigenvalue weighted by Gasteiger charge is 2.33. The fraction of sp³-hybridized carbons (Fsp3) is 0.462. The van der Waals surface area contributed by atoms with E-state index in [-0.39, 0.29) is 5.82 Å². The summed E-state index contributed by atoms with van der Waals surface area (Å²) in [5.41, 5.74) is 0.914. The molecule has 1 fully saturated rings. The van der Waals surface area contributed by atoms with Gasteiger partial charge in [0.2, 0.25) is 0 Å². The van der Waals surface area contributed by atoms with Gasteiger partial charge in [-0.1, -0.05) is 19.1 Å². The normalized spacial score (nSPS) is 23.4. The number of hydrogen-bond donors (Lipinski definition) is 2. The van der Waals surface area contributed by atoms with Crippen LogP contribution in [-0.2, 0) is 6.54 Å². The van der Waals surface area contributed by atoms with Crippen LogP contribution in [0.4, 0.5) is 4.39 Å². The van der Waals surface area contributed by atoms with Gasteiger partial charge in [0.25, 0.3) is 0 Å². The zero-order valence-corrected chi connectivity index (χ0v) is 10.2. The van der Waals surface area contributed by atoms with E-state index in [1.54, 1.807) is 13.1 Å². The predicted molar refractivity (Wildman–Crippen MR) is 67.3 cm³/mol. The molecular weight excluding hydrogens is 217 g/mol.